The molecule has 0 aliphatic carbocycles. The molecule has 0 unspecified atom stereocenters. The van der Waals surface area contributed by atoms with Gasteiger partial charge < -0.3 is 10.1 Å². The summed E-state index contributed by atoms with van der Waals surface area (Å²) in [5.74, 6) is 1.72. The SMILES string of the molecule is CCCN=C1NC=C(OC)Cc2cccnc21. The van der Waals surface area contributed by atoms with Crippen LogP contribution in [-0.2, 0) is 11.2 Å². The number of nitrogens with zero attached hydrogens (tertiary/aromatic N) is 2. The predicted octanol–water partition coefficient (Wildman–Crippen LogP) is 1.87. The second-order valence-electron chi connectivity index (χ2n) is 3.88. The summed E-state index contributed by atoms with van der Waals surface area (Å²) in [5.41, 5.74) is 2.06. The van der Waals surface area contributed by atoms with Crippen LogP contribution in [0.5, 0.6) is 0 Å². The lowest BCUT2D eigenvalue weighted by molar-refractivity contribution is 0.281. The summed E-state index contributed by atoms with van der Waals surface area (Å²) < 4.78 is 5.30. The standard InChI is InChI=1S/C13H17N3O/c1-3-6-15-13-12-10(5-4-7-14-12)8-11(17-2)9-16-13/h4-5,7,9H,3,6,8H2,1-2H3,(H,15,16). The zero-order valence-electron chi connectivity index (χ0n) is 10.2. The lowest BCUT2D eigenvalue weighted by Crippen LogP contribution is -2.20. The maximum atomic E-state index is 5.30. The minimum atomic E-state index is 0.748. The summed E-state index contributed by atoms with van der Waals surface area (Å²) in [6.45, 7) is 2.91. The Morgan fingerprint density at radius 1 is 1.53 bits per heavy atom. The summed E-state index contributed by atoms with van der Waals surface area (Å²) in [6, 6.07) is 4.00. The smallest absolute Gasteiger partial charge is 0.151 e. The van der Waals surface area contributed by atoms with Crippen molar-refractivity contribution in [3.8, 4) is 0 Å². The van der Waals surface area contributed by atoms with Gasteiger partial charge in [-0.25, -0.2) is 0 Å². The average Bonchev–Trinajstić information content (AvgIpc) is 2.55. The van der Waals surface area contributed by atoms with Crippen LogP contribution in [0, 0.1) is 0 Å². The molecule has 1 aromatic rings. The van der Waals surface area contributed by atoms with Crippen LogP contribution in [0.15, 0.2) is 35.3 Å². The van der Waals surface area contributed by atoms with Crippen molar-refractivity contribution in [1.82, 2.24) is 10.3 Å². The van der Waals surface area contributed by atoms with E-state index in [2.05, 4.69) is 28.3 Å². The highest BCUT2D eigenvalue weighted by Gasteiger charge is 2.15. The van der Waals surface area contributed by atoms with Crippen molar-refractivity contribution < 1.29 is 4.74 Å². The van der Waals surface area contributed by atoms with Gasteiger partial charge in [-0.05, 0) is 18.1 Å². The Hall–Kier alpha value is -1.84. The van der Waals surface area contributed by atoms with E-state index in [-0.39, 0.29) is 0 Å². The first-order chi connectivity index (χ1) is 8.35. The Bertz CT molecular complexity index is 452. The molecule has 0 fully saturated rings. The van der Waals surface area contributed by atoms with Gasteiger partial charge in [0.05, 0.1) is 7.11 Å². The molecule has 1 aliphatic heterocycles. The highest BCUT2D eigenvalue weighted by molar-refractivity contribution is 5.99. The van der Waals surface area contributed by atoms with Gasteiger partial charge in [-0.1, -0.05) is 13.0 Å². The second-order valence-corrected chi connectivity index (χ2v) is 3.88. The van der Waals surface area contributed by atoms with Gasteiger partial charge in [-0.3, -0.25) is 9.98 Å². The van der Waals surface area contributed by atoms with Crippen LogP contribution in [0.3, 0.4) is 0 Å². The molecule has 90 valence electrons. The lowest BCUT2D eigenvalue weighted by Gasteiger charge is -2.06. The molecule has 0 saturated carbocycles. The first kappa shape index (κ1) is 11.6. The summed E-state index contributed by atoms with van der Waals surface area (Å²) >= 11 is 0. The number of aliphatic imine (C=N–C) groups is 1. The first-order valence-corrected chi connectivity index (χ1v) is 5.83. The maximum absolute atomic E-state index is 5.30. The van der Waals surface area contributed by atoms with Gasteiger partial charge in [0.2, 0.25) is 0 Å². The summed E-state index contributed by atoms with van der Waals surface area (Å²) in [4.78, 5) is 8.91. The van der Waals surface area contributed by atoms with Crippen molar-refractivity contribution >= 4 is 5.84 Å². The van der Waals surface area contributed by atoms with Gasteiger partial charge >= 0.3 is 0 Å². The van der Waals surface area contributed by atoms with E-state index in [0.29, 0.717) is 0 Å². The quantitative estimate of drug-likeness (QED) is 0.863. The number of hydrogen-bond donors (Lipinski definition) is 1. The summed E-state index contributed by atoms with van der Waals surface area (Å²) in [7, 11) is 1.68. The first-order valence-electron chi connectivity index (χ1n) is 5.83. The number of fused-ring (bicyclic) bond motifs is 1. The molecule has 4 nitrogen and oxygen atoms in total. The Morgan fingerprint density at radius 2 is 2.41 bits per heavy atom. The molecule has 0 amide bonds. The van der Waals surface area contributed by atoms with Crippen LogP contribution in [0.25, 0.3) is 0 Å². The molecule has 4 heteroatoms. The number of methoxy groups -OCH3 is 1. The van der Waals surface area contributed by atoms with E-state index in [4.69, 9.17) is 4.74 Å². The van der Waals surface area contributed by atoms with Gasteiger partial charge in [-0.15, -0.1) is 0 Å². The number of rotatable bonds is 3. The monoisotopic (exact) mass is 231 g/mol. The largest absolute Gasteiger partial charge is 0.499 e. The topological polar surface area (TPSA) is 46.5 Å². The summed E-state index contributed by atoms with van der Waals surface area (Å²) in [5, 5.41) is 3.17. The molecule has 0 spiro atoms. The van der Waals surface area contributed by atoms with Crippen molar-refractivity contribution in [2.45, 2.75) is 19.8 Å². The van der Waals surface area contributed by atoms with Gasteiger partial charge in [0.15, 0.2) is 5.84 Å². The van der Waals surface area contributed by atoms with Crippen LogP contribution in [-0.4, -0.2) is 24.5 Å². The molecule has 17 heavy (non-hydrogen) atoms. The minimum absolute atomic E-state index is 0.748. The number of allylic oxidation sites excluding steroid dienone is 1. The Labute approximate surface area is 101 Å². The fourth-order valence-electron chi connectivity index (χ4n) is 1.73. The van der Waals surface area contributed by atoms with Gasteiger partial charge in [0.25, 0.3) is 0 Å². The van der Waals surface area contributed by atoms with Crippen molar-refractivity contribution in [3.05, 3.63) is 41.5 Å². The van der Waals surface area contributed by atoms with E-state index in [1.165, 1.54) is 0 Å². The van der Waals surface area contributed by atoms with Crippen molar-refractivity contribution in [2.75, 3.05) is 13.7 Å². The molecular weight excluding hydrogens is 214 g/mol. The number of pyridine rings is 1. The van der Waals surface area contributed by atoms with E-state index < -0.39 is 0 Å². The van der Waals surface area contributed by atoms with Gasteiger partial charge in [0, 0.05) is 25.4 Å². The Kier molecular flexibility index (Phi) is 3.75. The molecule has 0 atom stereocenters. The number of ether oxygens (including phenoxy) is 1. The van der Waals surface area contributed by atoms with Crippen molar-refractivity contribution in [1.29, 1.82) is 0 Å². The molecule has 1 aliphatic rings. The number of amidine groups is 1. The average molecular weight is 231 g/mol. The maximum Gasteiger partial charge on any atom is 0.151 e. The van der Waals surface area contributed by atoms with Gasteiger partial charge in [-0.2, -0.15) is 0 Å². The van der Waals surface area contributed by atoms with Crippen molar-refractivity contribution in [2.24, 2.45) is 4.99 Å². The fourth-order valence-corrected chi connectivity index (χ4v) is 1.73. The zero-order valence-corrected chi connectivity index (χ0v) is 10.2. The third kappa shape index (κ3) is 2.64. The third-order valence-electron chi connectivity index (χ3n) is 2.61. The number of hydrogen-bond acceptors (Lipinski definition) is 3. The highest BCUT2D eigenvalue weighted by Crippen LogP contribution is 2.15. The molecule has 0 bridgehead atoms. The third-order valence-corrected chi connectivity index (χ3v) is 2.61. The molecule has 0 radical (unpaired) electrons. The fraction of sp³-hybridized carbons (Fsp3) is 0.385. The molecular formula is C13H17N3O. The molecule has 1 N–H and O–H groups in total. The predicted molar refractivity (Wildman–Crippen MR) is 67.9 cm³/mol. The van der Waals surface area contributed by atoms with E-state index in [1.54, 1.807) is 13.3 Å². The van der Waals surface area contributed by atoms with E-state index >= 15 is 0 Å². The zero-order chi connectivity index (χ0) is 12.1. The minimum Gasteiger partial charge on any atom is -0.499 e. The highest BCUT2D eigenvalue weighted by atomic mass is 16.5. The van der Waals surface area contributed by atoms with E-state index in [1.807, 2.05) is 12.3 Å². The molecule has 0 aromatic carbocycles. The molecule has 1 aromatic heterocycles. The van der Waals surface area contributed by atoms with Crippen LogP contribution in [0.4, 0.5) is 0 Å². The van der Waals surface area contributed by atoms with E-state index in [0.717, 1.165) is 42.2 Å². The van der Waals surface area contributed by atoms with Crippen LogP contribution >= 0.6 is 0 Å². The van der Waals surface area contributed by atoms with Crippen LogP contribution < -0.4 is 5.32 Å². The van der Waals surface area contributed by atoms with E-state index in [9.17, 15) is 0 Å². The normalized spacial score (nSPS) is 16.8. The number of aromatic nitrogens is 1. The summed E-state index contributed by atoms with van der Waals surface area (Å²) in [6.07, 6.45) is 5.42. The lowest BCUT2D eigenvalue weighted by atomic mass is 10.1. The van der Waals surface area contributed by atoms with Gasteiger partial charge in [0.1, 0.15) is 11.5 Å². The van der Waals surface area contributed by atoms with Crippen LogP contribution in [0.1, 0.15) is 24.6 Å². The Morgan fingerprint density at radius 3 is 3.18 bits per heavy atom. The molecule has 2 heterocycles. The Balaban J connectivity index is 2.38. The number of nitrogens with one attached hydrogen (secondary N) is 1. The van der Waals surface area contributed by atoms with Crippen molar-refractivity contribution in [3.63, 3.8) is 0 Å². The second kappa shape index (κ2) is 5.48. The molecule has 2 rings (SSSR count). The van der Waals surface area contributed by atoms with Crippen LogP contribution in [0.2, 0.25) is 0 Å². The molecule has 0 saturated heterocycles.